The van der Waals surface area contributed by atoms with Gasteiger partial charge in [0, 0.05) is 16.5 Å². The van der Waals surface area contributed by atoms with Crippen LogP contribution in [-0.4, -0.2) is 12.1 Å². The van der Waals surface area contributed by atoms with Crippen molar-refractivity contribution in [2.45, 2.75) is 6.92 Å². The summed E-state index contributed by atoms with van der Waals surface area (Å²) in [4.78, 5) is 4.41. The van der Waals surface area contributed by atoms with Crippen LogP contribution in [0.2, 0.25) is 0 Å². The van der Waals surface area contributed by atoms with Gasteiger partial charge in [0.1, 0.15) is 11.3 Å². The molecule has 0 bridgehead atoms. The molecule has 1 aromatic carbocycles. The molecule has 0 N–H and O–H groups in total. The average molecular weight is 245 g/mol. The minimum atomic E-state index is 0.811. The van der Waals surface area contributed by atoms with Gasteiger partial charge in [-0.15, -0.1) is 11.3 Å². The largest absolute Gasteiger partial charge is 0.497 e. The van der Waals surface area contributed by atoms with Gasteiger partial charge in [-0.3, -0.25) is 0 Å². The van der Waals surface area contributed by atoms with Gasteiger partial charge in [-0.1, -0.05) is 0 Å². The lowest BCUT2D eigenvalue weighted by Gasteiger charge is -1.96. The normalized spacial score (nSPS) is 10.9. The lowest BCUT2D eigenvalue weighted by Crippen LogP contribution is -1.79. The predicted octanol–water partition coefficient (Wildman–Crippen LogP) is 3.87. The van der Waals surface area contributed by atoms with Crippen molar-refractivity contribution in [3.8, 4) is 16.5 Å². The van der Waals surface area contributed by atoms with E-state index in [2.05, 4.69) is 4.98 Å². The quantitative estimate of drug-likeness (QED) is 0.687. The summed E-state index contributed by atoms with van der Waals surface area (Å²) in [5, 5.41) is 3.97. The Kier molecular flexibility index (Phi) is 2.37. The molecule has 17 heavy (non-hydrogen) atoms. The SMILES string of the molecule is COc1ccc2oc(-c3nc(C)cs3)cc2c1. The molecule has 3 aromatic rings. The molecule has 0 unspecified atom stereocenters. The third kappa shape index (κ3) is 1.80. The molecule has 0 aliphatic rings. The molecule has 0 saturated heterocycles. The minimum absolute atomic E-state index is 0.811. The van der Waals surface area contributed by atoms with Gasteiger partial charge in [0.2, 0.25) is 0 Å². The summed E-state index contributed by atoms with van der Waals surface area (Å²) in [6, 6.07) is 7.76. The van der Waals surface area contributed by atoms with Gasteiger partial charge in [0.15, 0.2) is 10.8 Å². The number of rotatable bonds is 2. The lowest BCUT2D eigenvalue weighted by molar-refractivity contribution is 0.415. The van der Waals surface area contributed by atoms with E-state index >= 15 is 0 Å². The van der Waals surface area contributed by atoms with E-state index in [1.807, 2.05) is 36.6 Å². The van der Waals surface area contributed by atoms with Crippen molar-refractivity contribution in [3.63, 3.8) is 0 Å². The van der Waals surface area contributed by atoms with Crippen LogP contribution in [0.4, 0.5) is 0 Å². The van der Waals surface area contributed by atoms with Crippen LogP contribution in [0.3, 0.4) is 0 Å². The molecule has 0 aliphatic heterocycles. The van der Waals surface area contributed by atoms with Crippen molar-refractivity contribution in [1.82, 2.24) is 4.98 Å². The molecule has 0 atom stereocenters. The topological polar surface area (TPSA) is 35.3 Å². The van der Waals surface area contributed by atoms with Gasteiger partial charge in [0.25, 0.3) is 0 Å². The Morgan fingerprint density at radius 2 is 2.18 bits per heavy atom. The first-order chi connectivity index (χ1) is 8.26. The number of fused-ring (bicyclic) bond motifs is 1. The van der Waals surface area contributed by atoms with Gasteiger partial charge in [-0.05, 0) is 31.2 Å². The Hall–Kier alpha value is -1.81. The molecule has 4 heteroatoms. The molecule has 2 heterocycles. The second-order valence-corrected chi connectivity index (χ2v) is 4.67. The maximum atomic E-state index is 5.76. The molecule has 3 rings (SSSR count). The monoisotopic (exact) mass is 245 g/mol. The summed E-state index contributed by atoms with van der Waals surface area (Å²) in [6.45, 7) is 1.98. The summed E-state index contributed by atoms with van der Waals surface area (Å²) in [5.74, 6) is 1.64. The maximum absolute atomic E-state index is 5.76. The van der Waals surface area contributed by atoms with Crippen LogP contribution in [0.15, 0.2) is 34.1 Å². The predicted molar refractivity (Wildman–Crippen MR) is 68.6 cm³/mol. The molecule has 0 radical (unpaired) electrons. The Morgan fingerprint density at radius 1 is 1.29 bits per heavy atom. The Bertz CT molecular complexity index is 669. The van der Waals surface area contributed by atoms with Gasteiger partial charge in [0.05, 0.1) is 7.11 Å². The van der Waals surface area contributed by atoms with E-state index in [1.54, 1.807) is 18.4 Å². The second-order valence-electron chi connectivity index (χ2n) is 3.81. The highest BCUT2D eigenvalue weighted by molar-refractivity contribution is 7.13. The van der Waals surface area contributed by atoms with E-state index in [0.29, 0.717) is 0 Å². The summed E-state index contributed by atoms with van der Waals surface area (Å²) < 4.78 is 10.9. The minimum Gasteiger partial charge on any atom is -0.497 e. The smallest absolute Gasteiger partial charge is 0.164 e. The van der Waals surface area contributed by atoms with Crippen LogP contribution in [0.25, 0.3) is 21.7 Å². The molecule has 86 valence electrons. The molecule has 0 spiro atoms. The van der Waals surface area contributed by atoms with E-state index < -0.39 is 0 Å². The zero-order chi connectivity index (χ0) is 11.8. The van der Waals surface area contributed by atoms with Crippen LogP contribution in [0.1, 0.15) is 5.69 Å². The first-order valence-electron chi connectivity index (χ1n) is 5.26. The van der Waals surface area contributed by atoms with Crippen LogP contribution in [0, 0.1) is 6.92 Å². The number of nitrogens with zero attached hydrogens (tertiary/aromatic N) is 1. The summed E-state index contributed by atoms with van der Waals surface area (Å²) in [6.07, 6.45) is 0. The first-order valence-corrected chi connectivity index (χ1v) is 6.14. The van der Waals surface area contributed by atoms with Crippen molar-refractivity contribution in [2.75, 3.05) is 7.11 Å². The fourth-order valence-corrected chi connectivity index (χ4v) is 2.47. The Morgan fingerprint density at radius 3 is 2.88 bits per heavy atom. The third-order valence-electron chi connectivity index (χ3n) is 2.55. The fourth-order valence-electron chi connectivity index (χ4n) is 1.72. The molecule has 0 fully saturated rings. The number of methoxy groups -OCH3 is 1. The van der Waals surface area contributed by atoms with Crippen LogP contribution in [-0.2, 0) is 0 Å². The standard InChI is InChI=1S/C13H11NO2S/c1-8-7-17-13(14-8)12-6-9-5-10(15-2)3-4-11(9)16-12/h3-7H,1-2H3. The lowest BCUT2D eigenvalue weighted by atomic mass is 10.2. The number of hydrogen-bond donors (Lipinski definition) is 0. The molecule has 3 nitrogen and oxygen atoms in total. The summed E-state index contributed by atoms with van der Waals surface area (Å²) in [7, 11) is 1.66. The molecule has 0 aliphatic carbocycles. The number of aromatic nitrogens is 1. The van der Waals surface area contributed by atoms with E-state index in [9.17, 15) is 0 Å². The number of ether oxygens (including phenoxy) is 1. The van der Waals surface area contributed by atoms with Crippen molar-refractivity contribution < 1.29 is 9.15 Å². The fraction of sp³-hybridized carbons (Fsp3) is 0.154. The van der Waals surface area contributed by atoms with Crippen LogP contribution < -0.4 is 4.74 Å². The third-order valence-corrected chi connectivity index (χ3v) is 3.53. The van der Waals surface area contributed by atoms with Crippen molar-refractivity contribution in [3.05, 3.63) is 35.3 Å². The van der Waals surface area contributed by atoms with E-state index in [0.717, 1.165) is 33.2 Å². The Labute approximate surface area is 103 Å². The zero-order valence-electron chi connectivity index (χ0n) is 9.56. The van der Waals surface area contributed by atoms with Gasteiger partial charge < -0.3 is 9.15 Å². The highest BCUT2D eigenvalue weighted by Crippen LogP contribution is 2.31. The van der Waals surface area contributed by atoms with Gasteiger partial charge >= 0.3 is 0 Å². The maximum Gasteiger partial charge on any atom is 0.164 e. The van der Waals surface area contributed by atoms with E-state index in [-0.39, 0.29) is 0 Å². The first kappa shape index (κ1) is 10.4. The van der Waals surface area contributed by atoms with Crippen LogP contribution >= 0.6 is 11.3 Å². The number of benzene rings is 1. The van der Waals surface area contributed by atoms with Gasteiger partial charge in [-0.2, -0.15) is 0 Å². The van der Waals surface area contributed by atoms with E-state index in [4.69, 9.17) is 9.15 Å². The summed E-state index contributed by atoms with van der Waals surface area (Å²) >= 11 is 1.59. The Balaban J connectivity index is 2.13. The number of hydrogen-bond acceptors (Lipinski definition) is 4. The molecule has 2 aromatic heterocycles. The molecular formula is C13H11NO2S. The van der Waals surface area contributed by atoms with Gasteiger partial charge in [-0.25, -0.2) is 4.98 Å². The van der Waals surface area contributed by atoms with Crippen molar-refractivity contribution in [1.29, 1.82) is 0 Å². The molecule has 0 saturated carbocycles. The number of thiazole rings is 1. The van der Waals surface area contributed by atoms with Crippen molar-refractivity contribution in [2.24, 2.45) is 0 Å². The van der Waals surface area contributed by atoms with E-state index in [1.165, 1.54) is 0 Å². The van der Waals surface area contributed by atoms with Crippen LogP contribution in [0.5, 0.6) is 5.75 Å². The molecule has 0 amide bonds. The highest BCUT2D eigenvalue weighted by atomic mass is 32.1. The second kappa shape index (κ2) is 3.89. The highest BCUT2D eigenvalue weighted by Gasteiger charge is 2.09. The number of furan rings is 1. The number of aryl methyl sites for hydroxylation is 1. The van der Waals surface area contributed by atoms with Crippen molar-refractivity contribution >= 4 is 22.3 Å². The summed E-state index contributed by atoms with van der Waals surface area (Å²) in [5.41, 5.74) is 1.87. The average Bonchev–Trinajstić information content (AvgIpc) is 2.93. The zero-order valence-corrected chi connectivity index (χ0v) is 10.4. The molecular weight excluding hydrogens is 234 g/mol.